The van der Waals surface area contributed by atoms with Gasteiger partial charge in [0.05, 0.1) is 12.2 Å². The minimum atomic E-state index is -0.203. The van der Waals surface area contributed by atoms with E-state index in [1.54, 1.807) is 0 Å². The first kappa shape index (κ1) is 23.3. The highest BCUT2D eigenvalue weighted by Crippen LogP contribution is 2.22. The predicted molar refractivity (Wildman–Crippen MR) is 131 cm³/mol. The van der Waals surface area contributed by atoms with Crippen molar-refractivity contribution in [2.24, 2.45) is 4.99 Å². The molecule has 0 aliphatic carbocycles. The number of carbonyl (C=O) groups excluding carboxylic acids is 1. The quantitative estimate of drug-likeness (QED) is 0.411. The minimum Gasteiger partial charge on any atom is -0.326 e. The van der Waals surface area contributed by atoms with Crippen LogP contribution in [0.1, 0.15) is 61.3 Å². The highest BCUT2D eigenvalue weighted by Gasteiger charge is 2.15. The van der Waals surface area contributed by atoms with E-state index < -0.39 is 0 Å². The van der Waals surface area contributed by atoms with Gasteiger partial charge in [-0.3, -0.25) is 14.8 Å². The number of hydrogen-bond acceptors (Lipinski definition) is 3. The van der Waals surface area contributed by atoms with Gasteiger partial charge in [0.2, 0.25) is 5.96 Å². The van der Waals surface area contributed by atoms with Crippen molar-refractivity contribution in [3.63, 3.8) is 0 Å². The number of aliphatic imine (C=N–C) groups is 1. The van der Waals surface area contributed by atoms with Crippen LogP contribution < -0.4 is 10.6 Å². The van der Waals surface area contributed by atoms with E-state index >= 15 is 0 Å². The number of carbonyl (C=O) groups is 1. The van der Waals surface area contributed by atoms with Crippen LogP contribution in [0.15, 0.2) is 65.8 Å². The summed E-state index contributed by atoms with van der Waals surface area (Å²) < 4.78 is 1.94. The number of anilines is 1. The SMILES string of the molecule is CCCn1cc(CN=C(NC(=O)c2ccc(C(C)(C)C)cc2)Nc2ccccc2)c(C)n1. The van der Waals surface area contributed by atoms with E-state index in [1.807, 2.05) is 72.4 Å². The monoisotopic (exact) mass is 431 g/mol. The van der Waals surface area contributed by atoms with Crippen LogP contribution in [0.25, 0.3) is 0 Å². The summed E-state index contributed by atoms with van der Waals surface area (Å²) in [5.74, 6) is 0.203. The van der Waals surface area contributed by atoms with E-state index in [1.165, 1.54) is 5.56 Å². The summed E-state index contributed by atoms with van der Waals surface area (Å²) in [6, 6.07) is 17.4. The molecule has 2 aromatic carbocycles. The number of aromatic nitrogens is 2. The maximum absolute atomic E-state index is 12.9. The molecule has 0 aliphatic rings. The fraction of sp³-hybridized carbons (Fsp3) is 0.346. The highest BCUT2D eigenvalue weighted by atomic mass is 16.1. The number of amides is 1. The molecule has 0 bridgehead atoms. The maximum atomic E-state index is 12.9. The number of rotatable bonds is 6. The molecule has 0 unspecified atom stereocenters. The van der Waals surface area contributed by atoms with Gasteiger partial charge in [-0.1, -0.05) is 58.0 Å². The van der Waals surface area contributed by atoms with Crippen LogP contribution >= 0.6 is 0 Å². The number of nitrogens with one attached hydrogen (secondary N) is 2. The molecule has 3 rings (SSSR count). The summed E-state index contributed by atoms with van der Waals surface area (Å²) >= 11 is 0. The van der Waals surface area contributed by atoms with Crippen LogP contribution in [0.5, 0.6) is 0 Å². The summed E-state index contributed by atoms with van der Waals surface area (Å²) in [6.45, 7) is 11.9. The van der Waals surface area contributed by atoms with Crippen molar-refractivity contribution in [3.8, 4) is 0 Å². The van der Waals surface area contributed by atoms with Crippen LogP contribution in [0.4, 0.5) is 5.69 Å². The Morgan fingerprint density at radius 2 is 1.75 bits per heavy atom. The summed E-state index contributed by atoms with van der Waals surface area (Å²) in [6.07, 6.45) is 3.05. The van der Waals surface area contributed by atoms with E-state index in [2.05, 4.69) is 48.4 Å². The fourth-order valence-electron chi connectivity index (χ4n) is 3.29. The minimum absolute atomic E-state index is 0.0383. The number of para-hydroxylation sites is 1. The van der Waals surface area contributed by atoms with Gasteiger partial charge in [-0.05, 0) is 48.6 Å². The maximum Gasteiger partial charge on any atom is 0.257 e. The molecule has 1 amide bonds. The lowest BCUT2D eigenvalue weighted by molar-refractivity contribution is 0.0977. The number of aryl methyl sites for hydroxylation is 2. The van der Waals surface area contributed by atoms with Gasteiger partial charge in [0.1, 0.15) is 0 Å². The summed E-state index contributed by atoms with van der Waals surface area (Å²) in [7, 11) is 0. The first-order chi connectivity index (χ1) is 15.3. The first-order valence-corrected chi connectivity index (χ1v) is 11.1. The van der Waals surface area contributed by atoms with Gasteiger partial charge >= 0.3 is 0 Å². The zero-order valence-corrected chi connectivity index (χ0v) is 19.6. The lowest BCUT2D eigenvalue weighted by atomic mass is 9.87. The standard InChI is InChI=1S/C26H33N5O/c1-6-16-31-18-21(19(2)30-31)17-27-25(28-23-10-8-7-9-11-23)29-24(32)20-12-14-22(15-13-20)26(3,4)5/h7-15,18H,6,16-17H2,1-5H3,(H2,27,28,29,32). The van der Waals surface area contributed by atoms with Crippen molar-refractivity contribution in [1.82, 2.24) is 15.1 Å². The second-order valence-corrected chi connectivity index (χ2v) is 8.94. The lowest BCUT2D eigenvalue weighted by Crippen LogP contribution is -2.36. The molecule has 32 heavy (non-hydrogen) atoms. The molecule has 2 N–H and O–H groups in total. The molecule has 3 aromatic rings. The highest BCUT2D eigenvalue weighted by molar-refractivity contribution is 6.09. The molecule has 168 valence electrons. The largest absolute Gasteiger partial charge is 0.326 e. The third-order valence-corrected chi connectivity index (χ3v) is 5.19. The normalized spacial score (nSPS) is 12.0. The van der Waals surface area contributed by atoms with Gasteiger partial charge in [-0.15, -0.1) is 0 Å². The van der Waals surface area contributed by atoms with Crippen LogP contribution in [0.3, 0.4) is 0 Å². The second-order valence-electron chi connectivity index (χ2n) is 8.94. The molecule has 0 radical (unpaired) electrons. The Hall–Kier alpha value is -3.41. The summed E-state index contributed by atoms with van der Waals surface area (Å²) in [4.78, 5) is 17.6. The van der Waals surface area contributed by atoms with Crippen LogP contribution in [0, 0.1) is 6.92 Å². The van der Waals surface area contributed by atoms with Gasteiger partial charge in [0, 0.05) is 29.6 Å². The number of benzene rings is 2. The van der Waals surface area contributed by atoms with Crippen molar-refractivity contribution >= 4 is 17.6 Å². The molecule has 0 atom stereocenters. The van der Waals surface area contributed by atoms with Crippen molar-refractivity contribution in [2.75, 3.05) is 5.32 Å². The van der Waals surface area contributed by atoms with Gasteiger partial charge in [-0.2, -0.15) is 5.10 Å². The Kier molecular flexibility index (Phi) is 7.46. The zero-order chi connectivity index (χ0) is 23.1. The molecule has 6 nitrogen and oxygen atoms in total. The van der Waals surface area contributed by atoms with E-state index in [9.17, 15) is 4.79 Å². The Morgan fingerprint density at radius 3 is 2.38 bits per heavy atom. The predicted octanol–water partition coefficient (Wildman–Crippen LogP) is 5.30. The first-order valence-electron chi connectivity index (χ1n) is 11.1. The fourth-order valence-corrected chi connectivity index (χ4v) is 3.29. The number of nitrogens with zero attached hydrogens (tertiary/aromatic N) is 3. The topological polar surface area (TPSA) is 71.3 Å². The van der Waals surface area contributed by atoms with Crippen LogP contribution in [-0.4, -0.2) is 21.6 Å². The molecular formula is C26H33N5O. The molecule has 0 saturated carbocycles. The van der Waals surface area contributed by atoms with Crippen molar-refractivity contribution in [3.05, 3.63) is 83.2 Å². The van der Waals surface area contributed by atoms with Crippen LogP contribution in [0.2, 0.25) is 0 Å². The lowest BCUT2D eigenvalue weighted by Gasteiger charge is -2.19. The van der Waals surface area contributed by atoms with E-state index in [-0.39, 0.29) is 11.3 Å². The number of guanidine groups is 1. The molecule has 0 saturated heterocycles. The number of hydrogen-bond donors (Lipinski definition) is 2. The van der Waals surface area contributed by atoms with Crippen molar-refractivity contribution < 1.29 is 4.79 Å². The molecular weight excluding hydrogens is 398 g/mol. The second kappa shape index (κ2) is 10.3. The van der Waals surface area contributed by atoms with Crippen molar-refractivity contribution in [2.45, 2.75) is 59.5 Å². The average molecular weight is 432 g/mol. The van der Waals surface area contributed by atoms with Gasteiger partial charge in [-0.25, -0.2) is 4.99 Å². The smallest absolute Gasteiger partial charge is 0.257 e. The molecule has 0 aliphatic heterocycles. The summed E-state index contributed by atoms with van der Waals surface area (Å²) in [5, 5.41) is 10.7. The Morgan fingerprint density at radius 1 is 1.06 bits per heavy atom. The summed E-state index contributed by atoms with van der Waals surface area (Å²) in [5.41, 5.74) is 4.65. The Labute approximate surface area is 190 Å². The molecule has 0 fully saturated rings. The third-order valence-electron chi connectivity index (χ3n) is 5.19. The zero-order valence-electron chi connectivity index (χ0n) is 19.6. The van der Waals surface area contributed by atoms with E-state index in [0.717, 1.165) is 29.9 Å². The third kappa shape index (κ3) is 6.30. The van der Waals surface area contributed by atoms with E-state index in [0.29, 0.717) is 18.1 Å². The molecule has 0 spiro atoms. The van der Waals surface area contributed by atoms with Crippen molar-refractivity contribution in [1.29, 1.82) is 0 Å². The van der Waals surface area contributed by atoms with Crippen LogP contribution in [-0.2, 0) is 18.5 Å². The van der Waals surface area contributed by atoms with Gasteiger partial charge < -0.3 is 5.32 Å². The van der Waals surface area contributed by atoms with Gasteiger partial charge in [0.25, 0.3) is 5.91 Å². The Balaban J connectivity index is 1.79. The van der Waals surface area contributed by atoms with Gasteiger partial charge in [0.15, 0.2) is 0 Å². The molecule has 1 heterocycles. The average Bonchev–Trinajstić information content (AvgIpc) is 3.11. The molecule has 1 aromatic heterocycles. The Bertz CT molecular complexity index is 1060. The van der Waals surface area contributed by atoms with E-state index in [4.69, 9.17) is 0 Å². The molecule has 6 heteroatoms.